The van der Waals surface area contributed by atoms with Crippen molar-refractivity contribution in [2.75, 3.05) is 38.3 Å². The fraction of sp³-hybridized carbons (Fsp3) is 0.667. The zero-order valence-electron chi connectivity index (χ0n) is 13.5. The molecule has 3 nitrogen and oxygen atoms in total. The first-order valence-electron chi connectivity index (χ1n) is 8.28. The zero-order chi connectivity index (χ0) is 14.7. The van der Waals surface area contributed by atoms with Crippen molar-refractivity contribution in [3.8, 4) is 0 Å². The van der Waals surface area contributed by atoms with Gasteiger partial charge in [-0.25, -0.2) is 0 Å². The third-order valence-electron chi connectivity index (χ3n) is 5.08. The second-order valence-electron chi connectivity index (χ2n) is 7.01. The molecular weight excluding hydrogens is 260 g/mol. The van der Waals surface area contributed by atoms with Gasteiger partial charge in [0.15, 0.2) is 0 Å². The Morgan fingerprint density at radius 2 is 2.10 bits per heavy atom. The SMILES string of the molecule is CN1CCCc2cc(CNCC3(C)CCOCC3)ccc21. The summed E-state index contributed by atoms with van der Waals surface area (Å²) in [6, 6.07) is 6.96. The van der Waals surface area contributed by atoms with Crippen LogP contribution in [0.1, 0.15) is 37.3 Å². The van der Waals surface area contributed by atoms with Gasteiger partial charge >= 0.3 is 0 Å². The second-order valence-corrected chi connectivity index (χ2v) is 7.01. The summed E-state index contributed by atoms with van der Waals surface area (Å²) in [5.41, 5.74) is 4.76. The number of anilines is 1. The third kappa shape index (κ3) is 3.58. The highest BCUT2D eigenvalue weighted by molar-refractivity contribution is 5.56. The molecule has 1 fully saturated rings. The van der Waals surface area contributed by atoms with Gasteiger partial charge in [0.2, 0.25) is 0 Å². The van der Waals surface area contributed by atoms with Crippen LogP contribution in [-0.2, 0) is 17.7 Å². The first kappa shape index (κ1) is 14.9. The zero-order valence-corrected chi connectivity index (χ0v) is 13.5. The maximum absolute atomic E-state index is 5.47. The van der Waals surface area contributed by atoms with Crippen LogP contribution in [0.25, 0.3) is 0 Å². The van der Waals surface area contributed by atoms with Crippen molar-refractivity contribution in [3.63, 3.8) is 0 Å². The Hall–Kier alpha value is -1.06. The van der Waals surface area contributed by atoms with E-state index in [-0.39, 0.29) is 0 Å². The number of ether oxygens (including phenoxy) is 1. The van der Waals surface area contributed by atoms with Crippen molar-refractivity contribution in [1.29, 1.82) is 0 Å². The second kappa shape index (κ2) is 6.37. The van der Waals surface area contributed by atoms with E-state index in [4.69, 9.17) is 4.74 Å². The first-order valence-corrected chi connectivity index (χ1v) is 8.28. The molecule has 0 bridgehead atoms. The summed E-state index contributed by atoms with van der Waals surface area (Å²) in [5.74, 6) is 0. The van der Waals surface area contributed by atoms with Crippen LogP contribution in [0.3, 0.4) is 0 Å². The standard InChI is InChI=1S/C18H28N2O/c1-18(7-10-21-11-8-18)14-19-13-15-5-6-17-16(12-15)4-3-9-20(17)2/h5-6,12,19H,3-4,7-11,13-14H2,1-2H3. The lowest BCUT2D eigenvalue weighted by Gasteiger charge is -2.33. The number of rotatable bonds is 4. The van der Waals surface area contributed by atoms with Gasteiger partial charge in [0, 0.05) is 45.6 Å². The van der Waals surface area contributed by atoms with Crippen LogP contribution in [0.15, 0.2) is 18.2 Å². The molecule has 0 amide bonds. The van der Waals surface area contributed by atoms with E-state index < -0.39 is 0 Å². The van der Waals surface area contributed by atoms with Crippen molar-refractivity contribution in [2.45, 2.75) is 39.2 Å². The summed E-state index contributed by atoms with van der Waals surface area (Å²) in [6.45, 7) is 7.48. The van der Waals surface area contributed by atoms with E-state index in [2.05, 4.69) is 42.4 Å². The molecule has 21 heavy (non-hydrogen) atoms. The highest BCUT2D eigenvalue weighted by Crippen LogP contribution is 2.29. The summed E-state index contributed by atoms with van der Waals surface area (Å²) in [6.07, 6.45) is 4.85. The Bertz CT molecular complexity index is 480. The minimum Gasteiger partial charge on any atom is -0.381 e. The van der Waals surface area contributed by atoms with Crippen LogP contribution in [0, 0.1) is 5.41 Å². The molecule has 1 N–H and O–H groups in total. The van der Waals surface area contributed by atoms with Crippen LogP contribution in [0.5, 0.6) is 0 Å². The lowest BCUT2D eigenvalue weighted by molar-refractivity contribution is 0.0240. The predicted octanol–water partition coefficient (Wildman–Crippen LogP) is 2.98. The smallest absolute Gasteiger partial charge is 0.0471 e. The van der Waals surface area contributed by atoms with Gasteiger partial charge in [-0.1, -0.05) is 19.1 Å². The van der Waals surface area contributed by atoms with Crippen molar-refractivity contribution in [3.05, 3.63) is 29.3 Å². The number of benzene rings is 1. The predicted molar refractivity (Wildman–Crippen MR) is 87.9 cm³/mol. The van der Waals surface area contributed by atoms with E-state index in [1.54, 1.807) is 0 Å². The number of aryl methyl sites for hydroxylation is 1. The van der Waals surface area contributed by atoms with Crippen LogP contribution < -0.4 is 10.2 Å². The molecule has 0 saturated carbocycles. The summed E-state index contributed by atoms with van der Waals surface area (Å²) >= 11 is 0. The Labute approximate surface area is 128 Å². The molecule has 116 valence electrons. The third-order valence-corrected chi connectivity index (χ3v) is 5.08. The Morgan fingerprint density at radius 3 is 2.90 bits per heavy atom. The molecule has 3 rings (SSSR count). The molecule has 0 aliphatic carbocycles. The molecule has 2 aliphatic heterocycles. The molecule has 1 aromatic rings. The average Bonchev–Trinajstić information content (AvgIpc) is 2.48. The molecule has 2 heterocycles. The highest BCUT2D eigenvalue weighted by atomic mass is 16.5. The van der Waals surface area contributed by atoms with E-state index >= 15 is 0 Å². The lowest BCUT2D eigenvalue weighted by Crippen LogP contribution is -2.36. The molecule has 1 aromatic carbocycles. The minimum absolute atomic E-state index is 0.409. The average molecular weight is 288 g/mol. The van der Waals surface area contributed by atoms with E-state index in [0.29, 0.717) is 5.41 Å². The summed E-state index contributed by atoms with van der Waals surface area (Å²) in [7, 11) is 2.20. The van der Waals surface area contributed by atoms with E-state index in [0.717, 1.165) is 26.3 Å². The van der Waals surface area contributed by atoms with Gasteiger partial charge in [-0.3, -0.25) is 0 Å². The molecule has 1 saturated heterocycles. The summed E-state index contributed by atoms with van der Waals surface area (Å²) in [4.78, 5) is 2.37. The van der Waals surface area contributed by atoms with Crippen LogP contribution in [0.2, 0.25) is 0 Å². The van der Waals surface area contributed by atoms with Crippen LogP contribution >= 0.6 is 0 Å². The van der Waals surface area contributed by atoms with Gasteiger partial charge in [-0.15, -0.1) is 0 Å². The quantitative estimate of drug-likeness (QED) is 0.922. The minimum atomic E-state index is 0.409. The van der Waals surface area contributed by atoms with Crippen molar-refractivity contribution in [1.82, 2.24) is 5.32 Å². The lowest BCUT2D eigenvalue weighted by atomic mass is 9.82. The number of fused-ring (bicyclic) bond motifs is 1. The van der Waals surface area contributed by atoms with Crippen LogP contribution in [-0.4, -0.2) is 33.4 Å². The van der Waals surface area contributed by atoms with Gasteiger partial charge < -0.3 is 15.0 Å². The maximum atomic E-state index is 5.47. The van der Waals surface area contributed by atoms with Crippen molar-refractivity contribution in [2.24, 2.45) is 5.41 Å². The molecule has 0 spiro atoms. The number of nitrogens with one attached hydrogen (secondary N) is 1. The molecule has 0 atom stereocenters. The number of hydrogen-bond acceptors (Lipinski definition) is 3. The molecule has 0 radical (unpaired) electrons. The van der Waals surface area contributed by atoms with E-state index in [9.17, 15) is 0 Å². The normalized spacial score (nSPS) is 21.1. The highest BCUT2D eigenvalue weighted by Gasteiger charge is 2.26. The number of nitrogens with zero attached hydrogens (tertiary/aromatic N) is 1. The Balaban J connectivity index is 1.56. The van der Waals surface area contributed by atoms with Gasteiger partial charge in [0.1, 0.15) is 0 Å². The fourth-order valence-corrected chi connectivity index (χ4v) is 3.50. The van der Waals surface area contributed by atoms with Gasteiger partial charge in [-0.2, -0.15) is 0 Å². The largest absolute Gasteiger partial charge is 0.381 e. The Morgan fingerprint density at radius 1 is 1.29 bits per heavy atom. The fourth-order valence-electron chi connectivity index (χ4n) is 3.50. The molecule has 3 heteroatoms. The molecule has 0 unspecified atom stereocenters. The van der Waals surface area contributed by atoms with Gasteiger partial charge in [0.05, 0.1) is 0 Å². The van der Waals surface area contributed by atoms with Crippen LogP contribution in [0.4, 0.5) is 5.69 Å². The van der Waals surface area contributed by atoms with Gasteiger partial charge in [-0.05, 0) is 48.3 Å². The first-order chi connectivity index (χ1) is 10.2. The summed E-state index contributed by atoms with van der Waals surface area (Å²) in [5, 5.41) is 3.66. The van der Waals surface area contributed by atoms with E-state index in [1.165, 1.54) is 49.0 Å². The van der Waals surface area contributed by atoms with E-state index in [1.807, 2.05) is 0 Å². The van der Waals surface area contributed by atoms with Gasteiger partial charge in [0.25, 0.3) is 0 Å². The maximum Gasteiger partial charge on any atom is 0.0471 e. The summed E-state index contributed by atoms with van der Waals surface area (Å²) < 4.78 is 5.47. The molecule has 0 aromatic heterocycles. The van der Waals surface area contributed by atoms with Crippen molar-refractivity contribution >= 4 is 5.69 Å². The topological polar surface area (TPSA) is 24.5 Å². The monoisotopic (exact) mass is 288 g/mol. The molecular formula is C18H28N2O. The molecule has 2 aliphatic rings. The Kier molecular flexibility index (Phi) is 4.51. The van der Waals surface area contributed by atoms with Crippen molar-refractivity contribution < 1.29 is 4.74 Å². The number of hydrogen-bond donors (Lipinski definition) is 1.